The quantitative estimate of drug-likeness (QED) is 0.768. The maximum absolute atomic E-state index is 10.9. The second-order valence-corrected chi connectivity index (χ2v) is 3.91. The van der Waals surface area contributed by atoms with Gasteiger partial charge in [0.2, 0.25) is 11.8 Å². The van der Waals surface area contributed by atoms with E-state index in [2.05, 4.69) is 4.98 Å². The Balaban J connectivity index is 2.21. The van der Waals surface area contributed by atoms with Gasteiger partial charge in [0.25, 0.3) is 0 Å². The van der Waals surface area contributed by atoms with E-state index < -0.39 is 11.9 Å². The second-order valence-electron chi connectivity index (χ2n) is 3.91. The first-order valence-corrected chi connectivity index (χ1v) is 5.54. The van der Waals surface area contributed by atoms with Crippen molar-refractivity contribution in [3.8, 4) is 11.6 Å². The first-order chi connectivity index (χ1) is 9.47. The van der Waals surface area contributed by atoms with Crippen molar-refractivity contribution in [3.05, 3.63) is 47.7 Å². The van der Waals surface area contributed by atoms with Crippen LogP contribution in [0.1, 0.15) is 20.7 Å². The molecule has 1 aromatic heterocycles. The van der Waals surface area contributed by atoms with Gasteiger partial charge in [0, 0.05) is 11.8 Å². The minimum Gasteiger partial charge on any atom is -0.478 e. The van der Waals surface area contributed by atoms with E-state index in [1.54, 1.807) is 0 Å². The standard InChI is InChI=1S/C13H11N3O4/c14-10-5-8(13(18)19)6-16-12(10)20-9-3-1-7(2-4-9)11(15)17/h1-6H,14H2,(H2,15,17)(H,18,19). The first-order valence-electron chi connectivity index (χ1n) is 5.54. The number of carboxylic acids is 1. The third kappa shape index (κ3) is 2.83. The number of aromatic nitrogens is 1. The Kier molecular flexibility index (Phi) is 3.52. The summed E-state index contributed by atoms with van der Waals surface area (Å²) >= 11 is 0. The number of pyridine rings is 1. The van der Waals surface area contributed by atoms with Gasteiger partial charge in [-0.05, 0) is 30.3 Å². The fraction of sp³-hybridized carbons (Fsp3) is 0. The van der Waals surface area contributed by atoms with E-state index in [0.717, 1.165) is 6.20 Å². The zero-order valence-electron chi connectivity index (χ0n) is 10.2. The van der Waals surface area contributed by atoms with Crippen molar-refractivity contribution < 1.29 is 19.4 Å². The monoisotopic (exact) mass is 273 g/mol. The summed E-state index contributed by atoms with van der Waals surface area (Å²) < 4.78 is 5.40. The molecule has 0 atom stereocenters. The van der Waals surface area contributed by atoms with Crippen LogP contribution in [0.3, 0.4) is 0 Å². The largest absolute Gasteiger partial charge is 0.478 e. The average molecular weight is 273 g/mol. The van der Waals surface area contributed by atoms with Gasteiger partial charge in [-0.15, -0.1) is 0 Å². The highest BCUT2D eigenvalue weighted by atomic mass is 16.5. The minimum atomic E-state index is -1.12. The number of ether oxygens (including phenoxy) is 1. The molecule has 0 aliphatic carbocycles. The molecule has 0 bridgehead atoms. The van der Waals surface area contributed by atoms with Crippen LogP contribution in [0.15, 0.2) is 36.5 Å². The molecule has 0 aliphatic rings. The molecule has 0 fully saturated rings. The molecule has 0 aliphatic heterocycles. The molecule has 5 N–H and O–H groups in total. The van der Waals surface area contributed by atoms with Crippen LogP contribution in [0.25, 0.3) is 0 Å². The summed E-state index contributed by atoms with van der Waals surface area (Å²) in [5, 5.41) is 8.79. The summed E-state index contributed by atoms with van der Waals surface area (Å²) in [6.07, 6.45) is 1.14. The molecule has 102 valence electrons. The summed E-state index contributed by atoms with van der Waals surface area (Å²) in [5.41, 5.74) is 11.2. The van der Waals surface area contributed by atoms with Gasteiger partial charge in [0.15, 0.2) is 0 Å². The van der Waals surface area contributed by atoms with Crippen LogP contribution in [0.5, 0.6) is 11.6 Å². The average Bonchev–Trinajstić information content (AvgIpc) is 2.41. The molecule has 2 aromatic rings. The maximum atomic E-state index is 10.9. The van der Waals surface area contributed by atoms with E-state index in [9.17, 15) is 9.59 Å². The predicted octanol–water partition coefficient (Wildman–Crippen LogP) is 1.25. The van der Waals surface area contributed by atoms with Crippen LogP contribution < -0.4 is 16.2 Å². The highest BCUT2D eigenvalue weighted by Crippen LogP contribution is 2.25. The molecule has 20 heavy (non-hydrogen) atoms. The molecule has 1 aromatic carbocycles. The molecular formula is C13H11N3O4. The Bertz CT molecular complexity index is 668. The normalized spacial score (nSPS) is 10.0. The lowest BCUT2D eigenvalue weighted by atomic mass is 10.2. The lowest BCUT2D eigenvalue weighted by molar-refractivity contribution is 0.0696. The number of hydrogen-bond acceptors (Lipinski definition) is 5. The number of nitrogen functional groups attached to an aromatic ring is 1. The number of aromatic carboxylic acids is 1. The number of rotatable bonds is 4. The number of carboxylic acid groups (broad SMARTS) is 1. The Labute approximate surface area is 113 Å². The molecule has 2 rings (SSSR count). The molecule has 7 nitrogen and oxygen atoms in total. The van der Waals surface area contributed by atoms with E-state index in [0.29, 0.717) is 11.3 Å². The maximum Gasteiger partial charge on any atom is 0.337 e. The van der Waals surface area contributed by atoms with Gasteiger partial charge in [-0.2, -0.15) is 0 Å². The van der Waals surface area contributed by atoms with Gasteiger partial charge in [0.05, 0.1) is 11.3 Å². The lowest BCUT2D eigenvalue weighted by Crippen LogP contribution is -2.10. The predicted molar refractivity (Wildman–Crippen MR) is 70.6 cm³/mol. The molecule has 0 unspecified atom stereocenters. The van der Waals surface area contributed by atoms with Gasteiger partial charge < -0.3 is 21.3 Å². The molecule has 7 heteroatoms. The van der Waals surface area contributed by atoms with Crippen molar-refractivity contribution in [2.75, 3.05) is 5.73 Å². The van der Waals surface area contributed by atoms with Crippen LogP contribution >= 0.6 is 0 Å². The molecule has 1 amide bonds. The summed E-state index contributed by atoms with van der Waals surface area (Å²) in [4.78, 5) is 25.5. The molecule has 0 saturated heterocycles. The van der Waals surface area contributed by atoms with E-state index in [4.69, 9.17) is 21.3 Å². The number of carbonyl (C=O) groups excluding carboxylic acids is 1. The summed E-state index contributed by atoms with van der Waals surface area (Å²) in [6, 6.07) is 7.32. The summed E-state index contributed by atoms with van der Waals surface area (Å²) in [7, 11) is 0. The van der Waals surface area contributed by atoms with Gasteiger partial charge >= 0.3 is 5.97 Å². The lowest BCUT2D eigenvalue weighted by Gasteiger charge is -2.08. The van der Waals surface area contributed by atoms with Crippen LogP contribution in [-0.2, 0) is 0 Å². The minimum absolute atomic E-state index is 0.0288. The molecule has 0 saturated carbocycles. The van der Waals surface area contributed by atoms with Gasteiger partial charge in [-0.25, -0.2) is 9.78 Å². The van der Waals surface area contributed by atoms with Crippen molar-refractivity contribution in [2.24, 2.45) is 5.73 Å². The summed E-state index contributed by atoms with van der Waals surface area (Å²) in [5.74, 6) is -1.18. The number of anilines is 1. The molecule has 1 heterocycles. The first kappa shape index (κ1) is 13.3. The number of nitrogens with two attached hydrogens (primary N) is 2. The van der Waals surface area contributed by atoms with Crippen molar-refractivity contribution in [3.63, 3.8) is 0 Å². The SMILES string of the molecule is NC(=O)c1ccc(Oc2ncc(C(=O)O)cc2N)cc1. The van der Waals surface area contributed by atoms with Crippen molar-refractivity contribution in [2.45, 2.75) is 0 Å². The number of carbonyl (C=O) groups is 2. The number of hydrogen-bond donors (Lipinski definition) is 3. The number of amides is 1. The van der Waals surface area contributed by atoms with E-state index in [1.807, 2.05) is 0 Å². The van der Waals surface area contributed by atoms with Crippen molar-refractivity contribution in [1.82, 2.24) is 4.98 Å². The molecular weight excluding hydrogens is 262 g/mol. The highest BCUT2D eigenvalue weighted by Gasteiger charge is 2.09. The van der Waals surface area contributed by atoms with Gasteiger partial charge in [-0.3, -0.25) is 4.79 Å². The van der Waals surface area contributed by atoms with E-state index >= 15 is 0 Å². The van der Waals surface area contributed by atoms with Crippen LogP contribution in [-0.4, -0.2) is 22.0 Å². The van der Waals surface area contributed by atoms with Crippen LogP contribution in [0.4, 0.5) is 5.69 Å². The zero-order chi connectivity index (χ0) is 14.7. The van der Waals surface area contributed by atoms with Crippen molar-refractivity contribution >= 4 is 17.6 Å². The zero-order valence-corrected chi connectivity index (χ0v) is 10.2. The fourth-order valence-electron chi connectivity index (χ4n) is 1.47. The Hall–Kier alpha value is -3.09. The summed E-state index contributed by atoms with van der Waals surface area (Å²) in [6.45, 7) is 0. The highest BCUT2D eigenvalue weighted by molar-refractivity contribution is 5.92. The van der Waals surface area contributed by atoms with Crippen LogP contribution in [0, 0.1) is 0 Å². The van der Waals surface area contributed by atoms with Gasteiger partial charge in [-0.1, -0.05) is 0 Å². The third-order valence-electron chi connectivity index (χ3n) is 2.48. The Morgan fingerprint density at radius 1 is 1.15 bits per heavy atom. The second kappa shape index (κ2) is 5.27. The fourth-order valence-corrected chi connectivity index (χ4v) is 1.47. The van der Waals surface area contributed by atoms with Crippen molar-refractivity contribution in [1.29, 1.82) is 0 Å². The molecule has 0 spiro atoms. The van der Waals surface area contributed by atoms with E-state index in [1.165, 1.54) is 30.3 Å². The Morgan fingerprint density at radius 2 is 1.80 bits per heavy atom. The number of nitrogens with zero attached hydrogens (tertiary/aromatic N) is 1. The smallest absolute Gasteiger partial charge is 0.337 e. The number of benzene rings is 1. The third-order valence-corrected chi connectivity index (χ3v) is 2.48. The van der Waals surface area contributed by atoms with Gasteiger partial charge in [0.1, 0.15) is 5.75 Å². The number of primary amides is 1. The Morgan fingerprint density at radius 3 is 2.30 bits per heavy atom. The van der Waals surface area contributed by atoms with Crippen LogP contribution in [0.2, 0.25) is 0 Å². The topological polar surface area (TPSA) is 129 Å². The van der Waals surface area contributed by atoms with E-state index in [-0.39, 0.29) is 17.1 Å². The molecule has 0 radical (unpaired) electrons.